The highest BCUT2D eigenvalue weighted by atomic mass is 16.7. The Kier molecular flexibility index (Phi) is 5.15. The van der Waals surface area contributed by atoms with Crippen LogP contribution in [0.25, 0.3) is 0 Å². The van der Waals surface area contributed by atoms with E-state index >= 15 is 0 Å². The van der Waals surface area contributed by atoms with E-state index in [1.54, 1.807) is 6.08 Å². The SMILES string of the molecule is CC(C)CONC(=O)C1CC=CCC1C(=O)O. The molecule has 0 radical (unpaired) electrons. The van der Waals surface area contributed by atoms with E-state index in [9.17, 15) is 9.59 Å². The second kappa shape index (κ2) is 6.39. The molecule has 0 saturated heterocycles. The summed E-state index contributed by atoms with van der Waals surface area (Å²) in [6.07, 6.45) is 4.50. The molecule has 1 aliphatic rings. The molecule has 0 aromatic heterocycles. The van der Waals surface area contributed by atoms with Crippen molar-refractivity contribution in [3.05, 3.63) is 12.2 Å². The number of carboxylic acid groups (broad SMARTS) is 1. The van der Waals surface area contributed by atoms with E-state index in [4.69, 9.17) is 9.94 Å². The molecule has 2 N–H and O–H groups in total. The van der Waals surface area contributed by atoms with Crippen LogP contribution in [0.3, 0.4) is 0 Å². The minimum atomic E-state index is -0.932. The summed E-state index contributed by atoms with van der Waals surface area (Å²) >= 11 is 0. The van der Waals surface area contributed by atoms with Gasteiger partial charge in [-0.1, -0.05) is 26.0 Å². The molecule has 2 atom stereocenters. The van der Waals surface area contributed by atoms with E-state index in [0.717, 1.165) is 0 Å². The van der Waals surface area contributed by atoms with Crippen molar-refractivity contribution in [2.24, 2.45) is 17.8 Å². The van der Waals surface area contributed by atoms with Crippen LogP contribution in [-0.4, -0.2) is 23.6 Å². The number of hydrogen-bond donors (Lipinski definition) is 2. The first kappa shape index (κ1) is 13.7. The summed E-state index contributed by atoms with van der Waals surface area (Å²) in [5.41, 5.74) is 2.33. The summed E-state index contributed by atoms with van der Waals surface area (Å²) in [5, 5.41) is 9.02. The number of amides is 1. The average Bonchev–Trinajstić information content (AvgIpc) is 2.28. The van der Waals surface area contributed by atoms with Crippen molar-refractivity contribution in [1.29, 1.82) is 0 Å². The molecule has 2 unspecified atom stereocenters. The molecule has 1 amide bonds. The Hall–Kier alpha value is -1.36. The second-order valence-corrected chi connectivity index (χ2v) is 4.67. The van der Waals surface area contributed by atoms with Gasteiger partial charge in [0, 0.05) is 0 Å². The van der Waals surface area contributed by atoms with E-state index in [2.05, 4.69) is 5.48 Å². The molecule has 17 heavy (non-hydrogen) atoms. The lowest BCUT2D eigenvalue weighted by molar-refractivity contribution is -0.151. The van der Waals surface area contributed by atoms with Gasteiger partial charge in [0.05, 0.1) is 18.4 Å². The molecule has 0 aromatic rings. The largest absolute Gasteiger partial charge is 0.481 e. The van der Waals surface area contributed by atoms with E-state index < -0.39 is 17.8 Å². The van der Waals surface area contributed by atoms with Gasteiger partial charge in [-0.15, -0.1) is 0 Å². The summed E-state index contributed by atoms with van der Waals surface area (Å²) in [4.78, 5) is 27.8. The molecular formula is C12H19NO4. The van der Waals surface area contributed by atoms with Gasteiger partial charge in [-0.05, 0) is 18.8 Å². The zero-order valence-corrected chi connectivity index (χ0v) is 10.2. The first-order chi connectivity index (χ1) is 8.02. The molecule has 1 aliphatic carbocycles. The first-order valence-corrected chi connectivity index (χ1v) is 5.81. The second-order valence-electron chi connectivity index (χ2n) is 4.67. The molecule has 0 aliphatic heterocycles. The maximum atomic E-state index is 11.8. The van der Waals surface area contributed by atoms with Crippen molar-refractivity contribution in [1.82, 2.24) is 5.48 Å². The smallest absolute Gasteiger partial charge is 0.307 e. The monoisotopic (exact) mass is 241 g/mol. The quantitative estimate of drug-likeness (QED) is 0.563. The highest BCUT2D eigenvalue weighted by Crippen LogP contribution is 2.25. The Bertz CT molecular complexity index is 312. The standard InChI is InChI=1S/C12H19NO4/c1-8(2)7-17-13-11(14)9-5-3-4-6-10(9)12(15)16/h3-4,8-10H,5-7H2,1-2H3,(H,13,14)(H,15,16). The Balaban J connectivity index is 2.48. The molecule has 5 nitrogen and oxygen atoms in total. The number of allylic oxidation sites excluding steroid dienone is 2. The van der Waals surface area contributed by atoms with Crippen LogP contribution < -0.4 is 5.48 Å². The van der Waals surface area contributed by atoms with Crippen LogP contribution in [0.1, 0.15) is 26.7 Å². The lowest BCUT2D eigenvalue weighted by Gasteiger charge is -2.24. The Morgan fingerprint density at radius 2 is 1.94 bits per heavy atom. The van der Waals surface area contributed by atoms with Crippen LogP contribution >= 0.6 is 0 Å². The summed E-state index contributed by atoms with van der Waals surface area (Å²) in [6.45, 7) is 4.36. The van der Waals surface area contributed by atoms with E-state index in [1.807, 2.05) is 19.9 Å². The lowest BCUT2D eigenvalue weighted by atomic mass is 9.82. The van der Waals surface area contributed by atoms with Gasteiger partial charge in [-0.3, -0.25) is 14.4 Å². The number of nitrogens with one attached hydrogen (secondary N) is 1. The zero-order valence-electron chi connectivity index (χ0n) is 10.2. The number of carbonyl (C=O) groups excluding carboxylic acids is 1. The maximum Gasteiger partial charge on any atom is 0.307 e. The predicted octanol–water partition coefficient (Wildman–Crippen LogP) is 1.36. The van der Waals surface area contributed by atoms with Gasteiger partial charge in [-0.25, -0.2) is 5.48 Å². The van der Waals surface area contributed by atoms with Crippen molar-refractivity contribution in [2.75, 3.05) is 6.61 Å². The molecule has 0 bridgehead atoms. The van der Waals surface area contributed by atoms with Crippen molar-refractivity contribution < 1.29 is 19.5 Å². The van der Waals surface area contributed by atoms with Gasteiger partial charge in [-0.2, -0.15) is 0 Å². The number of aliphatic carboxylic acids is 1. The van der Waals surface area contributed by atoms with Gasteiger partial charge in [0.1, 0.15) is 0 Å². The maximum absolute atomic E-state index is 11.8. The number of carbonyl (C=O) groups is 2. The van der Waals surface area contributed by atoms with Gasteiger partial charge >= 0.3 is 5.97 Å². The zero-order chi connectivity index (χ0) is 12.8. The molecule has 0 heterocycles. The van der Waals surface area contributed by atoms with Crippen LogP contribution in [0.4, 0.5) is 0 Å². The third-order valence-corrected chi connectivity index (χ3v) is 2.68. The van der Waals surface area contributed by atoms with Crippen LogP contribution in [0.2, 0.25) is 0 Å². The van der Waals surface area contributed by atoms with Crippen molar-refractivity contribution in [2.45, 2.75) is 26.7 Å². The molecule has 0 spiro atoms. The van der Waals surface area contributed by atoms with Gasteiger partial charge < -0.3 is 5.11 Å². The van der Waals surface area contributed by atoms with Gasteiger partial charge in [0.15, 0.2) is 0 Å². The van der Waals surface area contributed by atoms with Crippen molar-refractivity contribution in [3.63, 3.8) is 0 Å². The highest BCUT2D eigenvalue weighted by molar-refractivity contribution is 5.84. The topological polar surface area (TPSA) is 75.6 Å². The lowest BCUT2D eigenvalue weighted by Crippen LogP contribution is -2.39. The van der Waals surface area contributed by atoms with Crippen LogP contribution in [0.5, 0.6) is 0 Å². The Labute approximate surface area is 101 Å². The van der Waals surface area contributed by atoms with Gasteiger partial charge in [0.2, 0.25) is 5.91 Å². The summed E-state index contributed by atoms with van der Waals surface area (Å²) in [5.74, 6) is -2.15. The fraction of sp³-hybridized carbons (Fsp3) is 0.667. The Morgan fingerprint density at radius 3 is 2.47 bits per heavy atom. The molecular weight excluding hydrogens is 222 g/mol. The third-order valence-electron chi connectivity index (χ3n) is 2.68. The fourth-order valence-electron chi connectivity index (χ4n) is 1.73. The van der Waals surface area contributed by atoms with Crippen LogP contribution in [0.15, 0.2) is 12.2 Å². The molecule has 96 valence electrons. The number of rotatable bonds is 5. The normalized spacial score (nSPS) is 23.7. The van der Waals surface area contributed by atoms with Crippen molar-refractivity contribution >= 4 is 11.9 Å². The average molecular weight is 241 g/mol. The Morgan fingerprint density at radius 1 is 1.35 bits per heavy atom. The van der Waals surface area contributed by atoms with E-state index in [1.165, 1.54) is 0 Å². The summed E-state index contributed by atoms with van der Waals surface area (Å²) in [6, 6.07) is 0. The predicted molar refractivity (Wildman–Crippen MR) is 61.9 cm³/mol. The molecule has 1 rings (SSSR count). The van der Waals surface area contributed by atoms with Gasteiger partial charge in [0.25, 0.3) is 0 Å². The first-order valence-electron chi connectivity index (χ1n) is 5.81. The highest BCUT2D eigenvalue weighted by Gasteiger charge is 2.34. The molecule has 0 aromatic carbocycles. The van der Waals surface area contributed by atoms with Crippen LogP contribution in [0, 0.1) is 17.8 Å². The van der Waals surface area contributed by atoms with Crippen LogP contribution in [-0.2, 0) is 14.4 Å². The molecule has 0 saturated carbocycles. The molecule has 5 heteroatoms. The summed E-state index contributed by atoms with van der Waals surface area (Å²) < 4.78 is 0. The minimum Gasteiger partial charge on any atom is -0.481 e. The fourth-order valence-corrected chi connectivity index (χ4v) is 1.73. The molecule has 0 fully saturated rings. The number of carboxylic acids is 1. The van der Waals surface area contributed by atoms with E-state index in [-0.39, 0.29) is 5.91 Å². The van der Waals surface area contributed by atoms with E-state index in [0.29, 0.717) is 25.4 Å². The third kappa shape index (κ3) is 4.19. The summed E-state index contributed by atoms with van der Waals surface area (Å²) in [7, 11) is 0. The number of hydroxylamine groups is 1. The number of hydrogen-bond acceptors (Lipinski definition) is 3. The minimum absolute atomic E-state index is 0.317. The van der Waals surface area contributed by atoms with Crippen molar-refractivity contribution in [3.8, 4) is 0 Å².